The van der Waals surface area contributed by atoms with Gasteiger partial charge < -0.3 is 4.74 Å². The molecule has 0 amide bonds. The molecule has 1 heterocycles. The third kappa shape index (κ3) is 3.38. The fraction of sp³-hybridized carbons (Fsp3) is 0.125. The van der Waals surface area contributed by atoms with Gasteiger partial charge in [0.2, 0.25) is 5.82 Å². The van der Waals surface area contributed by atoms with E-state index in [1.165, 1.54) is 7.11 Å². The predicted octanol–water partition coefficient (Wildman–Crippen LogP) is 2.85. The molecule has 0 spiro atoms. The number of ether oxygens (including phenoxy) is 1. The van der Waals surface area contributed by atoms with Gasteiger partial charge in [-0.15, -0.1) is 0 Å². The number of sulfonamides is 1. The van der Waals surface area contributed by atoms with Crippen LogP contribution in [0.4, 0.5) is 5.69 Å². The van der Waals surface area contributed by atoms with Crippen LogP contribution < -0.4 is 9.46 Å². The van der Waals surface area contributed by atoms with Gasteiger partial charge in [0.05, 0.1) is 12.0 Å². The molecule has 1 N–H and O–H groups in total. The number of hydrogen-bond donors (Lipinski definition) is 1. The van der Waals surface area contributed by atoms with Crippen molar-refractivity contribution in [3.8, 4) is 17.5 Å². The molecular weight excluding hydrogens is 330 g/mol. The average molecular weight is 345 g/mol. The molecule has 0 saturated carbocycles. The Bertz CT molecular complexity index is 949. The van der Waals surface area contributed by atoms with Gasteiger partial charge in [-0.05, 0) is 31.2 Å². The number of aromatic nitrogens is 2. The van der Waals surface area contributed by atoms with Gasteiger partial charge in [0.1, 0.15) is 0 Å². The third-order valence-electron chi connectivity index (χ3n) is 3.29. The largest absolute Gasteiger partial charge is 0.452 e. The summed E-state index contributed by atoms with van der Waals surface area (Å²) in [5.41, 5.74) is 1.99. The van der Waals surface area contributed by atoms with Gasteiger partial charge in [-0.2, -0.15) is 4.98 Å². The summed E-state index contributed by atoms with van der Waals surface area (Å²) in [4.78, 5) is 4.22. The monoisotopic (exact) mass is 345 g/mol. The van der Waals surface area contributed by atoms with E-state index in [0.717, 1.165) is 5.56 Å². The van der Waals surface area contributed by atoms with Crippen LogP contribution in [-0.2, 0) is 10.0 Å². The Hall–Kier alpha value is -2.87. The Kier molecular flexibility index (Phi) is 4.22. The smallest absolute Gasteiger partial charge is 0.417 e. The molecule has 1 aromatic heterocycles. The van der Waals surface area contributed by atoms with Crippen molar-refractivity contribution in [2.45, 2.75) is 11.8 Å². The van der Waals surface area contributed by atoms with Gasteiger partial charge >= 0.3 is 6.08 Å². The maximum absolute atomic E-state index is 12.4. The minimum Gasteiger partial charge on any atom is -0.452 e. The number of hydrogen-bond acceptors (Lipinski definition) is 6. The quantitative estimate of drug-likeness (QED) is 0.764. The molecular formula is C16H15N3O4S. The lowest BCUT2D eigenvalue weighted by Crippen LogP contribution is -2.12. The summed E-state index contributed by atoms with van der Waals surface area (Å²) in [6.45, 7) is 1.90. The van der Waals surface area contributed by atoms with Crippen molar-refractivity contribution in [1.29, 1.82) is 0 Å². The van der Waals surface area contributed by atoms with Crippen LogP contribution in [0.2, 0.25) is 0 Å². The fourth-order valence-corrected chi connectivity index (χ4v) is 3.11. The SMILES string of the molecule is COc1nc(-c2cccc(NS(=O)(=O)c3ccc(C)cc3)c2)no1. The second-order valence-corrected chi connectivity index (χ2v) is 6.77. The summed E-state index contributed by atoms with van der Waals surface area (Å²) < 4.78 is 37.1. The number of aryl methyl sites for hydroxylation is 1. The minimum absolute atomic E-state index is 0.0376. The number of methoxy groups -OCH3 is 1. The molecule has 0 aliphatic carbocycles. The van der Waals surface area contributed by atoms with E-state index >= 15 is 0 Å². The Morgan fingerprint density at radius 2 is 1.88 bits per heavy atom. The predicted molar refractivity (Wildman–Crippen MR) is 88.3 cm³/mol. The van der Waals surface area contributed by atoms with Gasteiger partial charge in [0.15, 0.2) is 0 Å². The Labute approximate surface area is 139 Å². The maximum atomic E-state index is 12.4. The highest BCUT2D eigenvalue weighted by Gasteiger charge is 2.15. The number of rotatable bonds is 5. The van der Waals surface area contributed by atoms with Crippen molar-refractivity contribution in [2.24, 2.45) is 0 Å². The van der Waals surface area contributed by atoms with Crippen LogP contribution in [0.5, 0.6) is 6.08 Å². The molecule has 8 heteroatoms. The molecule has 0 saturated heterocycles. The highest BCUT2D eigenvalue weighted by molar-refractivity contribution is 7.92. The van der Waals surface area contributed by atoms with Crippen LogP contribution in [0.1, 0.15) is 5.56 Å². The van der Waals surface area contributed by atoms with Crippen molar-refractivity contribution in [1.82, 2.24) is 10.1 Å². The molecule has 2 aromatic carbocycles. The van der Waals surface area contributed by atoms with E-state index in [-0.39, 0.29) is 11.0 Å². The Morgan fingerprint density at radius 1 is 1.12 bits per heavy atom. The standard InChI is InChI=1S/C16H15N3O4S/c1-11-6-8-14(9-7-11)24(20,21)19-13-5-3-4-12(10-13)15-17-16(22-2)23-18-15/h3-10,19H,1-2H3. The summed E-state index contributed by atoms with van der Waals surface area (Å²) in [5, 5.41) is 3.77. The van der Waals surface area contributed by atoms with E-state index in [1.807, 2.05) is 6.92 Å². The van der Waals surface area contributed by atoms with E-state index in [1.54, 1.807) is 48.5 Å². The summed E-state index contributed by atoms with van der Waals surface area (Å²) in [6.07, 6.45) is 0.0376. The van der Waals surface area contributed by atoms with Gasteiger partial charge in [0.25, 0.3) is 10.0 Å². The highest BCUT2D eigenvalue weighted by Crippen LogP contribution is 2.23. The van der Waals surface area contributed by atoms with Crippen LogP contribution in [0, 0.1) is 6.92 Å². The van der Waals surface area contributed by atoms with E-state index in [4.69, 9.17) is 9.26 Å². The minimum atomic E-state index is -3.67. The van der Waals surface area contributed by atoms with Gasteiger partial charge in [0, 0.05) is 11.3 Å². The van der Waals surface area contributed by atoms with Crippen molar-refractivity contribution in [3.63, 3.8) is 0 Å². The number of nitrogens with one attached hydrogen (secondary N) is 1. The van der Waals surface area contributed by atoms with E-state index in [2.05, 4.69) is 14.9 Å². The van der Waals surface area contributed by atoms with E-state index in [0.29, 0.717) is 17.1 Å². The first kappa shape index (κ1) is 16.0. The van der Waals surface area contributed by atoms with Gasteiger partial charge in [-0.1, -0.05) is 35.0 Å². The summed E-state index contributed by atoms with van der Waals surface area (Å²) >= 11 is 0. The van der Waals surface area contributed by atoms with Crippen LogP contribution in [-0.4, -0.2) is 25.7 Å². The molecule has 0 bridgehead atoms. The molecule has 3 aromatic rings. The molecule has 24 heavy (non-hydrogen) atoms. The molecule has 0 fully saturated rings. The molecule has 7 nitrogen and oxygen atoms in total. The summed E-state index contributed by atoms with van der Waals surface area (Å²) in [5.74, 6) is 0.309. The third-order valence-corrected chi connectivity index (χ3v) is 4.68. The number of benzene rings is 2. The first-order valence-electron chi connectivity index (χ1n) is 7.05. The van der Waals surface area contributed by atoms with E-state index in [9.17, 15) is 8.42 Å². The normalized spacial score (nSPS) is 11.2. The zero-order valence-electron chi connectivity index (χ0n) is 13.1. The molecule has 0 aliphatic rings. The molecule has 0 unspecified atom stereocenters. The molecule has 0 aliphatic heterocycles. The first-order valence-corrected chi connectivity index (χ1v) is 8.54. The van der Waals surface area contributed by atoms with Crippen LogP contribution in [0.25, 0.3) is 11.4 Å². The van der Waals surface area contributed by atoms with Crippen molar-refractivity contribution < 1.29 is 17.7 Å². The van der Waals surface area contributed by atoms with E-state index < -0.39 is 10.0 Å². The summed E-state index contributed by atoms with van der Waals surface area (Å²) in [6, 6.07) is 13.3. The maximum Gasteiger partial charge on any atom is 0.417 e. The lowest BCUT2D eigenvalue weighted by Gasteiger charge is -2.09. The van der Waals surface area contributed by atoms with Crippen LogP contribution >= 0.6 is 0 Å². The first-order chi connectivity index (χ1) is 11.5. The number of anilines is 1. The molecule has 124 valence electrons. The molecule has 0 atom stereocenters. The van der Waals surface area contributed by atoms with Crippen molar-refractivity contribution in [3.05, 3.63) is 54.1 Å². The molecule has 0 radical (unpaired) electrons. The van der Waals surface area contributed by atoms with Gasteiger partial charge in [-0.25, -0.2) is 8.42 Å². The summed E-state index contributed by atoms with van der Waals surface area (Å²) in [7, 11) is -2.25. The molecule has 3 rings (SSSR count). The van der Waals surface area contributed by atoms with Crippen LogP contribution in [0.3, 0.4) is 0 Å². The highest BCUT2D eigenvalue weighted by atomic mass is 32.2. The van der Waals surface area contributed by atoms with Crippen molar-refractivity contribution in [2.75, 3.05) is 11.8 Å². The second-order valence-electron chi connectivity index (χ2n) is 5.09. The zero-order valence-corrected chi connectivity index (χ0v) is 13.9. The lowest BCUT2D eigenvalue weighted by atomic mass is 10.2. The second kappa shape index (κ2) is 6.32. The average Bonchev–Trinajstić information content (AvgIpc) is 3.04. The fourth-order valence-electron chi connectivity index (χ4n) is 2.06. The van der Waals surface area contributed by atoms with Crippen molar-refractivity contribution >= 4 is 15.7 Å². The topological polar surface area (TPSA) is 94.3 Å². The Balaban J connectivity index is 1.87. The van der Waals surface area contributed by atoms with Gasteiger partial charge in [-0.3, -0.25) is 9.25 Å². The van der Waals surface area contributed by atoms with Crippen LogP contribution in [0.15, 0.2) is 57.9 Å². The number of nitrogens with zero attached hydrogens (tertiary/aromatic N) is 2. The Morgan fingerprint density at radius 3 is 2.54 bits per heavy atom. The zero-order chi connectivity index (χ0) is 17.2. The lowest BCUT2D eigenvalue weighted by molar-refractivity contribution is 0.250.